The Morgan fingerprint density at radius 1 is 1.38 bits per heavy atom. The lowest BCUT2D eigenvalue weighted by molar-refractivity contribution is 0.249. The van der Waals surface area contributed by atoms with Crippen LogP contribution in [0.4, 0.5) is 0 Å². The zero-order valence-electron chi connectivity index (χ0n) is 10.1. The maximum Gasteiger partial charge on any atom is 0.230 e. The minimum Gasteiger partial charge on any atom is -0.424 e. The quantitative estimate of drug-likeness (QED) is 0.807. The number of hydrogen-bond acceptors (Lipinski definition) is 5. The van der Waals surface area contributed by atoms with Gasteiger partial charge in [0.15, 0.2) is 0 Å². The maximum absolute atomic E-state index is 5.29. The number of nitrogens with zero attached hydrogens (tertiary/aromatic N) is 3. The number of aromatic nitrogens is 2. The first kappa shape index (κ1) is 11.5. The van der Waals surface area contributed by atoms with Crippen molar-refractivity contribution in [2.75, 3.05) is 19.6 Å². The van der Waals surface area contributed by atoms with Crippen molar-refractivity contribution in [2.24, 2.45) is 0 Å². The zero-order chi connectivity index (χ0) is 11.4. The second kappa shape index (κ2) is 5.41. The van der Waals surface area contributed by atoms with Gasteiger partial charge in [0, 0.05) is 19.5 Å². The number of likely N-dealkylation sites (tertiary alicyclic amines) is 1. The van der Waals surface area contributed by atoms with Gasteiger partial charge in [-0.3, -0.25) is 4.90 Å². The molecule has 1 N–H and O–H groups in total. The standard InChI is InChI=1S/C11H20N4O/c1-9(15-5-3-4-6-15)7-12-8-11-14-13-10(2)16-11/h9,12H,3-8H2,1-2H3. The molecule has 0 bridgehead atoms. The Morgan fingerprint density at radius 3 is 2.75 bits per heavy atom. The van der Waals surface area contributed by atoms with E-state index in [1.807, 2.05) is 6.92 Å². The molecule has 1 fully saturated rings. The molecular formula is C11H20N4O. The molecule has 90 valence electrons. The molecule has 0 aromatic carbocycles. The van der Waals surface area contributed by atoms with E-state index in [2.05, 4.69) is 27.3 Å². The van der Waals surface area contributed by atoms with Gasteiger partial charge in [0.2, 0.25) is 11.8 Å². The van der Waals surface area contributed by atoms with E-state index in [-0.39, 0.29) is 0 Å². The molecule has 1 aromatic rings. The van der Waals surface area contributed by atoms with Crippen LogP contribution in [0, 0.1) is 6.92 Å². The Morgan fingerprint density at radius 2 is 2.12 bits per heavy atom. The summed E-state index contributed by atoms with van der Waals surface area (Å²) in [5.41, 5.74) is 0. The van der Waals surface area contributed by atoms with E-state index >= 15 is 0 Å². The summed E-state index contributed by atoms with van der Waals surface area (Å²) in [5.74, 6) is 1.30. The second-order valence-electron chi connectivity index (χ2n) is 4.44. The summed E-state index contributed by atoms with van der Waals surface area (Å²) in [6.45, 7) is 8.19. The number of aryl methyl sites for hydroxylation is 1. The average molecular weight is 224 g/mol. The Balaban J connectivity index is 1.67. The normalized spacial score (nSPS) is 19.1. The second-order valence-corrected chi connectivity index (χ2v) is 4.44. The number of hydrogen-bond donors (Lipinski definition) is 1. The first-order chi connectivity index (χ1) is 7.75. The Kier molecular flexibility index (Phi) is 3.90. The van der Waals surface area contributed by atoms with Crippen LogP contribution < -0.4 is 5.32 Å². The van der Waals surface area contributed by atoms with Gasteiger partial charge in [0.25, 0.3) is 0 Å². The van der Waals surface area contributed by atoms with Gasteiger partial charge >= 0.3 is 0 Å². The summed E-state index contributed by atoms with van der Waals surface area (Å²) in [5, 5.41) is 11.1. The summed E-state index contributed by atoms with van der Waals surface area (Å²) in [4.78, 5) is 2.52. The fourth-order valence-electron chi connectivity index (χ4n) is 2.11. The molecule has 0 radical (unpaired) electrons. The number of nitrogens with one attached hydrogen (secondary N) is 1. The molecule has 1 aliphatic rings. The minimum absolute atomic E-state index is 0.589. The van der Waals surface area contributed by atoms with Crippen molar-refractivity contribution < 1.29 is 4.42 Å². The first-order valence-corrected chi connectivity index (χ1v) is 5.99. The predicted molar refractivity (Wildman–Crippen MR) is 61.0 cm³/mol. The molecule has 1 aromatic heterocycles. The molecule has 5 heteroatoms. The van der Waals surface area contributed by atoms with Crippen molar-refractivity contribution in [1.29, 1.82) is 0 Å². The van der Waals surface area contributed by atoms with Crippen LogP contribution in [0.2, 0.25) is 0 Å². The van der Waals surface area contributed by atoms with E-state index in [4.69, 9.17) is 4.42 Å². The van der Waals surface area contributed by atoms with Crippen LogP contribution >= 0.6 is 0 Å². The molecular weight excluding hydrogens is 204 g/mol. The van der Waals surface area contributed by atoms with Crippen molar-refractivity contribution in [2.45, 2.75) is 39.3 Å². The average Bonchev–Trinajstić information content (AvgIpc) is 2.89. The van der Waals surface area contributed by atoms with Crippen LogP contribution in [0.5, 0.6) is 0 Å². The lowest BCUT2D eigenvalue weighted by Crippen LogP contribution is -2.38. The van der Waals surface area contributed by atoms with Gasteiger partial charge in [0.1, 0.15) is 0 Å². The van der Waals surface area contributed by atoms with Crippen LogP contribution in [-0.2, 0) is 6.54 Å². The molecule has 2 rings (SSSR count). The third-order valence-electron chi connectivity index (χ3n) is 3.05. The van der Waals surface area contributed by atoms with Gasteiger partial charge in [0.05, 0.1) is 6.54 Å². The van der Waals surface area contributed by atoms with Crippen molar-refractivity contribution in [3.8, 4) is 0 Å². The largest absolute Gasteiger partial charge is 0.424 e. The predicted octanol–water partition coefficient (Wildman–Crippen LogP) is 0.952. The fraction of sp³-hybridized carbons (Fsp3) is 0.818. The van der Waals surface area contributed by atoms with Crippen LogP contribution in [0.15, 0.2) is 4.42 Å². The summed E-state index contributed by atoms with van der Waals surface area (Å²) >= 11 is 0. The summed E-state index contributed by atoms with van der Waals surface area (Å²) in [6, 6.07) is 0.589. The summed E-state index contributed by atoms with van der Waals surface area (Å²) in [7, 11) is 0. The molecule has 2 heterocycles. The van der Waals surface area contributed by atoms with Gasteiger partial charge in [-0.05, 0) is 32.9 Å². The Labute approximate surface area is 96.2 Å². The highest BCUT2D eigenvalue weighted by Gasteiger charge is 2.17. The summed E-state index contributed by atoms with van der Waals surface area (Å²) in [6.07, 6.45) is 2.68. The Bertz CT molecular complexity index is 320. The van der Waals surface area contributed by atoms with Gasteiger partial charge < -0.3 is 9.73 Å². The third-order valence-corrected chi connectivity index (χ3v) is 3.05. The highest BCUT2D eigenvalue weighted by atomic mass is 16.4. The van der Waals surface area contributed by atoms with Crippen molar-refractivity contribution in [3.05, 3.63) is 11.8 Å². The summed E-state index contributed by atoms with van der Waals surface area (Å²) < 4.78 is 5.29. The van der Waals surface area contributed by atoms with Gasteiger partial charge in [-0.15, -0.1) is 10.2 Å². The highest BCUT2D eigenvalue weighted by molar-refractivity contribution is 4.80. The van der Waals surface area contributed by atoms with E-state index in [1.54, 1.807) is 0 Å². The van der Waals surface area contributed by atoms with Crippen LogP contribution in [-0.4, -0.2) is 40.8 Å². The topological polar surface area (TPSA) is 54.2 Å². The molecule has 5 nitrogen and oxygen atoms in total. The van der Waals surface area contributed by atoms with Crippen LogP contribution in [0.25, 0.3) is 0 Å². The molecule has 0 aliphatic carbocycles. The molecule has 1 saturated heterocycles. The van der Waals surface area contributed by atoms with E-state index < -0.39 is 0 Å². The SMILES string of the molecule is Cc1nnc(CNCC(C)N2CCCC2)o1. The van der Waals surface area contributed by atoms with E-state index in [0.29, 0.717) is 24.4 Å². The molecule has 1 atom stereocenters. The minimum atomic E-state index is 0.589. The van der Waals surface area contributed by atoms with E-state index in [0.717, 1.165) is 6.54 Å². The monoisotopic (exact) mass is 224 g/mol. The lowest BCUT2D eigenvalue weighted by atomic mass is 10.3. The first-order valence-electron chi connectivity index (χ1n) is 5.99. The van der Waals surface area contributed by atoms with Crippen LogP contribution in [0.3, 0.4) is 0 Å². The number of rotatable bonds is 5. The molecule has 0 amide bonds. The molecule has 16 heavy (non-hydrogen) atoms. The Hall–Kier alpha value is -0.940. The smallest absolute Gasteiger partial charge is 0.230 e. The van der Waals surface area contributed by atoms with Gasteiger partial charge in [-0.1, -0.05) is 0 Å². The van der Waals surface area contributed by atoms with E-state index in [9.17, 15) is 0 Å². The van der Waals surface area contributed by atoms with Gasteiger partial charge in [-0.2, -0.15) is 0 Å². The zero-order valence-corrected chi connectivity index (χ0v) is 10.1. The molecule has 1 aliphatic heterocycles. The van der Waals surface area contributed by atoms with E-state index in [1.165, 1.54) is 25.9 Å². The molecule has 1 unspecified atom stereocenters. The lowest BCUT2D eigenvalue weighted by Gasteiger charge is -2.23. The molecule has 0 saturated carbocycles. The third kappa shape index (κ3) is 3.02. The van der Waals surface area contributed by atoms with Crippen molar-refractivity contribution in [1.82, 2.24) is 20.4 Å². The fourth-order valence-corrected chi connectivity index (χ4v) is 2.11. The molecule has 0 spiro atoms. The van der Waals surface area contributed by atoms with Gasteiger partial charge in [-0.25, -0.2) is 0 Å². The maximum atomic E-state index is 5.29. The highest BCUT2D eigenvalue weighted by Crippen LogP contribution is 2.10. The van der Waals surface area contributed by atoms with Crippen molar-refractivity contribution >= 4 is 0 Å². The van der Waals surface area contributed by atoms with Crippen molar-refractivity contribution in [3.63, 3.8) is 0 Å². The van der Waals surface area contributed by atoms with Crippen LogP contribution in [0.1, 0.15) is 31.5 Å².